The summed E-state index contributed by atoms with van der Waals surface area (Å²) in [4.78, 5) is 25.8. The zero-order valence-corrected chi connectivity index (χ0v) is 12.8. The quantitative estimate of drug-likeness (QED) is 0.369. The molecule has 7 heteroatoms. The second-order valence-electron chi connectivity index (χ2n) is 5.20. The zero-order chi connectivity index (χ0) is 16.9. The first-order valence-electron chi connectivity index (χ1n) is 7.48. The Morgan fingerprint density at radius 3 is 2.67 bits per heavy atom. The highest BCUT2D eigenvalue weighted by Gasteiger charge is 2.13. The minimum atomic E-state index is -0.438. The number of nitro groups is 1. The first kappa shape index (κ1) is 15.5. The fourth-order valence-corrected chi connectivity index (χ4v) is 2.51. The highest BCUT2D eigenvalue weighted by atomic mass is 16.6. The van der Waals surface area contributed by atoms with Crippen LogP contribution >= 0.6 is 0 Å². The molecule has 1 aromatic heterocycles. The van der Waals surface area contributed by atoms with Gasteiger partial charge < -0.3 is 15.6 Å². The van der Waals surface area contributed by atoms with Crippen LogP contribution in [0.25, 0.3) is 10.9 Å². The number of rotatable bonds is 6. The molecule has 2 aromatic carbocycles. The van der Waals surface area contributed by atoms with Crippen LogP contribution in [0.4, 0.5) is 11.4 Å². The lowest BCUT2D eigenvalue weighted by molar-refractivity contribution is -0.384. The van der Waals surface area contributed by atoms with Gasteiger partial charge in [-0.25, -0.2) is 0 Å². The van der Waals surface area contributed by atoms with E-state index >= 15 is 0 Å². The smallest absolute Gasteiger partial charge is 0.292 e. The number of nitro benzene ring substituents is 1. The second kappa shape index (κ2) is 6.82. The lowest BCUT2D eigenvalue weighted by Crippen LogP contribution is -2.28. The van der Waals surface area contributed by atoms with Gasteiger partial charge in [0, 0.05) is 36.3 Å². The van der Waals surface area contributed by atoms with E-state index in [0.29, 0.717) is 24.3 Å². The zero-order valence-electron chi connectivity index (χ0n) is 12.8. The van der Waals surface area contributed by atoms with Crippen molar-refractivity contribution in [2.24, 2.45) is 0 Å². The van der Waals surface area contributed by atoms with E-state index in [4.69, 9.17) is 0 Å². The first-order valence-corrected chi connectivity index (χ1v) is 7.48. The number of para-hydroxylation sites is 3. The van der Waals surface area contributed by atoms with Crippen molar-refractivity contribution in [2.45, 2.75) is 0 Å². The fraction of sp³-hybridized carbons (Fsp3) is 0.118. The maximum Gasteiger partial charge on any atom is 0.292 e. The molecule has 7 nitrogen and oxygen atoms in total. The summed E-state index contributed by atoms with van der Waals surface area (Å²) in [6.45, 7) is 0.739. The van der Waals surface area contributed by atoms with E-state index in [0.717, 1.165) is 10.9 Å². The molecular formula is C17H16N4O3. The van der Waals surface area contributed by atoms with Crippen LogP contribution in [0.15, 0.2) is 54.7 Å². The Morgan fingerprint density at radius 1 is 1.08 bits per heavy atom. The number of benzene rings is 2. The van der Waals surface area contributed by atoms with Crippen molar-refractivity contribution in [3.05, 3.63) is 70.4 Å². The van der Waals surface area contributed by atoms with Gasteiger partial charge in [-0.05, 0) is 12.1 Å². The van der Waals surface area contributed by atoms with Gasteiger partial charge >= 0.3 is 0 Å². The van der Waals surface area contributed by atoms with Crippen LogP contribution < -0.4 is 10.6 Å². The van der Waals surface area contributed by atoms with Crippen LogP contribution in [0.3, 0.4) is 0 Å². The topological polar surface area (TPSA) is 100 Å². The summed E-state index contributed by atoms with van der Waals surface area (Å²) < 4.78 is 0. The van der Waals surface area contributed by atoms with E-state index in [-0.39, 0.29) is 11.6 Å². The molecule has 0 aliphatic rings. The highest BCUT2D eigenvalue weighted by molar-refractivity contribution is 6.06. The molecule has 0 fully saturated rings. The maximum absolute atomic E-state index is 12.2. The van der Waals surface area contributed by atoms with Gasteiger partial charge in [0.15, 0.2) is 0 Å². The van der Waals surface area contributed by atoms with Gasteiger partial charge in [0.05, 0.1) is 10.5 Å². The number of nitrogens with one attached hydrogen (secondary N) is 3. The van der Waals surface area contributed by atoms with Crippen molar-refractivity contribution in [3.63, 3.8) is 0 Å². The number of anilines is 1. The predicted molar refractivity (Wildman–Crippen MR) is 92.2 cm³/mol. The molecule has 0 aliphatic heterocycles. The molecule has 3 aromatic rings. The molecule has 0 atom stereocenters. The molecule has 24 heavy (non-hydrogen) atoms. The van der Waals surface area contributed by atoms with Crippen LogP contribution in [0, 0.1) is 10.1 Å². The van der Waals surface area contributed by atoms with Crippen LogP contribution in [-0.4, -0.2) is 28.9 Å². The van der Waals surface area contributed by atoms with Crippen molar-refractivity contribution < 1.29 is 9.72 Å². The average Bonchev–Trinajstić information content (AvgIpc) is 3.03. The van der Waals surface area contributed by atoms with Gasteiger partial charge in [0.1, 0.15) is 5.69 Å². The summed E-state index contributed by atoms with van der Waals surface area (Å²) in [5.41, 5.74) is 1.93. The third kappa shape index (κ3) is 3.19. The number of hydrogen-bond donors (Lipinski definition) is 3. The third-order valence-electron chi connectivity index (χ3n) is 3.66. The second-order valence-corrected chi connectivity index (χ2v) is 5.20. The lowest BCUT2D eigenvalue weighted by Gasteiger charge is -2.08. The largest absolute Gasteiger partial charge is 0.378 e. The van der Waals surface area contributed by atoms with Crippen molar-refractivity contribution in [3.8, 4) is 0 Å². The first-order chi connectivity index (χ1) is 11.7. The predicted octanol–water partition coefficient (Wildman–Crippen LogP) is 2.92. The fourth-order valence-electron chi connectivity index (χ4n) is 2.51. The summed E-state index contributed by atoms with van der Waals surface area (Å²) in [5.74, 6) is -0.184. The number of fused-ring (bicyclic) bond motifs is 1. The molecule has 0 saturated heterocycles. The number of aromatic amines is 1. The highest BCUT2D eigenvalue weighted by Crippen LogP contribution is 2.22. The van der Waals surface area contributed by atoms with E-state index in [1.165, 1.54) is 6.07 Å². The van der Waals surface area contributed by atoms with Crippen molar-refractivity contribution in [2.75, 3.05) is 18.4 Å². The average molecular weight is 324 g/mol. The SMILES string of the molecule is O=C(NCCNc1ccccc1[N+](=O)[O-])c1c[nH]c2ccccc12. The van der Waals surface area contributed by atoms with Gasteiger partial charge in [-0.3, -0.25) is 14.9 Å². The van der Waals surface area contributed by atoms with Gasteiger partial charge in [-0.2, -0.15) is 0 Å². The Balaban J connectivity index is 1.57. The number of hydrogen-bond acceptors (Lipinski definition) is 4. The summed E-state index contributed by atoms with van der Waals surface area (Å²) >= 11 is 0. The normalized spacial score (nSPS) is 10.5. The number of H-pyrrole nitrogens is 1. The van der Waals surface area contributed by atoms with Gasteiger partial charge in [-0.1, -0.05) is 30.3 Å². The maximum atomic E-state index is 12.2. The Hall–Kier alpha value is -3.35. The number of carbonyl (C=O) groups excluding carboxylic acids is 1. The van der Waals surface area contributed by atoms with E-state index in [9.17, 15) is 14.9 Å². The molecule has 122 valence electrons. The number of nitrogens with zero attached hydrogens (tertiary/aromatic N) is 1. The minimum absolute atomic E-state index is 0.0143. The number of amides is 1. The van der Waals surface area contributed by atoms with Crippen LogP contribution in [0.2, 0.25) is 0 Å². The van der Waals surface area contributed by atoms with Gasteiger partial charge in [0.25, 0.3) is 11.6 Å². The number of carbonyl (C=O) groups is 1. The molecule has 0 saturated carbocycles. The van der Waals surface area contributed by atoms with Crippen molar-refractivity contribution in [1.29, 1.82) is 0 Å². The molecule has 3 rings (SSSR count). The van der Waals surface area contributed by atoms with Crippen LogP contribution in [0.1, 0.15) is 10.4 Å². The molecule has 3 N–H and O–H groups in total. The number of aromatic nitrogens is 1. The summed E-state index contributed by atoms with van der Waals surface area (Å²) in [5, 5.41) is 17.6. The molecule has 0 radical (unpaired) electrons. The Labute approximate surface area is 137 Å². The lowest BCUT2D eigenvalue weighted by atomic mass is 10.1. The van der Waals surface area contributed by atoms with E-state index in [2.05, 4.69) is 15.6 Å². The summed E-state index contributed by atoms with van der Waals surface area (Å²) in [6, 6.07) is 14.0. The standard InChI is InChI=1S/C17H16N4O3/c22-17(13-11-20-14-6-2-1-5-12(13)14)19-10-9-18-15-7-3-4-8-16(15)21(23)24/h1-8,11,18,20H,9-10H2,(H,19,22). The molecule has 1 heterocycles. The van der Waals surface area contributed by atoms with Crippen molar-refractivity contribution in [1.82, 2.24) is 10.3 Å². The minimum Gasteiger partial charge on any atom is -0.378 e. The molecule has 1 amide bonds. The Kier molecular flexibility index (Phi) is 4.42. The molecular weight excluding hydrogens is 308 g/mol. The van der Waals surface area contributed by atoms with Crippen molar-refractivity contribution >= 4 is 28.2 Å². The monoisotopic (exact) mass is 324 g/mol. The summed E-state index contributed by atoms with van der Waals surface area (Å²) in [6.07, 6.45) is 1.68. The van der Waals surface area contributed by atoms with Crippen LogP contribution in [0.5, 0.6) is 0 Å². The van der Waals surface area contributed by atoms with E-state index in [1.807, 2.05) is 24.3 Å². The van der Waals surface area contributed by atoms with E-state index in [1.54, 1.807) is 24.4 Å². The molecule has 0 bridgehead atoms. The third-order valence-corrected chi connectivity index (χ3v) is 3.66. The Morgan fingerprint density at radius 2 is 1.83 bits per heavy atom. The molecule has 0 spiro atoms. The van der Waals surface area contributed by atoms with E-state index < -0.39 is 4.92 Å². The molecule has 0 aliphatic carbocycles. The molecule has 0 unspecified atom stereocenters. The Bertz CT molecular complexity index is 888. The van der Waals surface area contributed by atoms with Crippen LogP contribution in [-0.2, 0) is 0 Å². The van der Waals surface area contributed by atoms with Gasteiger partial charge in [-0.15, -0.1) is 0 Å². The van der Waals surface area contributed by atoms with Gasteiger partial charge in [0.2, 0.25) is 0 Å². The summed E-state index contributed by atoms with van der Waals surface area (Å²) in [7, 11) is 0.